The summed E-state index contributed by atoms with van der Waals surface area (Å²) in [5.41, 5.74) is 3.23. The SMILES string of the molecule is CS(=O)(=O)Nc1cc2c3c(cccc3c1NC(=O)c1ccc(F)cc1)CC2. The van der Waals surface area contributed by atoms with Crippen LogP contribution in [0.5, 0.6) is 0 Å². The van der Waals surface area contributed by atoms with E-state index in [-0.39, 0.29) is 5.56 Å². The Morgan fingerprint density at radius 3 is 2.44 bits per heavy atom. The summed E-state index contributed by atoms with van der Waals surface area (Å²) >= 11 is 0. The normalized spacial score (nSPS) is 13.0. The first-order chi connectivity index (χ1) is 12.8. The number of nitrogens with one attached hydrogen (secondary N) is 2. The van der Waals surface area contributed by atoms with Crippen LogP contribution in [0.1, 0.15) is 21.5 Å². The standard InChI is InChI=1S/C20H17FN2O3S/c1-27(25,26)23-17-11-14-6-5-12-3-2-4-16(18(12)14)19(17)22-20(24)13-7-9-15(21)10-8-13/h2-4,7-11,23H,5-6H2,1H3,(H,22,24). The van der Waals surface area contributed by atoms with Gasteiger partial charge in [0, 0.05) is 10.9 Å². The number of hydrogen-bond donors (Lipinski definition) is 2. The molecule has 2 N–H and O–H groups in total. The average molecular weight is 384 g/mol. The molecule has 0 bridgehead atoms. The number of carbonyl (C=O) groups excluding carboxylic acids is 1. The minimum Gasteiger partial charge on any atom is -0.320 e. The fourth-order valence-electron chi connectivity index (χ4n) is 3.53. The molecule has 3 aromatic carbocycles. The Labute approximate surface area is 156 Å². The number of halogens is 1. The molecule has 138 valence electrons. The van der Waals surface area contributed by atoms with E-state index in [2.05, 4.69) is 10.0 Å². The highest BCUT2D eigenvalue weighted by molar-refractivity contribution is 7.92. The summed E-state index contributed by atoms with van der Waals surface area (Å²) in [5.74, 6) is -0.874. The third kappa shape index (κ3) is 3.38. The van der Waals surface area contributed by atoms with E-state index < -0.39 is 21.7 Å². The summed E-state index contributed by atoms with van der Waals surface area (Å²) in [5, 5.41) is 4.63. The van der Waals surface area contributed by atoms with Crippen molar-refractivity contribution in [3.63, 3.8) is 0 Å². The van der Waals surface area contributed by atoms with Crippen molar-refractivity contribution in [2.75, 3.05) is 16.3 Å². The maximum absolute atomic E-state index is 13.1. The molecule has 1 aliphatic carbocycles. The number of aryl methyl sites for hydroxylation is 2. The van der Waals surface area contributed by atoms with Gasteiger partial charge in [-0.1, -0.05) is 18.2 Å². The highest BCUT2D eigenvalue weighted by Gasteiger charge is 2.22. The molecule has 1 aliphatic rings. The second-order valence-electron chi connectivity index (χ2n) is 6.63. The predicted octanol–water partition coefficient (Wildman–Crippen LogP) is 3.70. The number of sulfonamides is 1. The first kappa shape index (κ1) is 17.5. The molecule has 0 fully saturated rings. The van der Waals surface area contributed by atoms with Crippen LogP contribution in [-0.2, 0) is 22.9 Å². The highest BCUT2D eigenvalue weighted by atomic mass is 32.2. The average Bonchev–Trinajstić information content (AvgIpc) is 3.01. The van der Waals surface area contributed by atoms with Gasteiger partial charge in [-0.2, -0.15) is 0 Å². The van der Waals surface area contributed by atoms with Crippen LogP contribution < -0.4 is 10.0 Å². The van der Waals surface area contributed by atoms with Gasteiger partial charge in [-0.05, 0) is 59.7 Å². The van der Waals surface area contributed by atoms with Crippen LogP contribution in [0.4, 0.5) is 15.8 Å². The third-order valence-electron chi connectivity index (χ3n) is 4.63. The molecule has 0 spiro atoms. The van der Waals surface area contributed by atoms with E-state index in [9.17, 15) is 17.6 Å². The number of amides is 1. The zero-order chi connectivity index (χ0) is 19.2. The van der Waals surface area contributed by atoms with Gasteiger partial charge >= 0.3 is 0 Å². The van der Waals surface area contributed by atoms with E-state index in [0.29, 0.717) is 11.4 Å². The Kier molecular flexibility index (Phi) is 4.11. The second kappa shape index (κ2) is 6.35. The summed E-state index contributed by atoms with van der Waals surface area (Å²) < 4.78 is 39.3. The van der Waals surface area contributed by atoms with Gasteiger partial charge in [0.2, 0.25) is 10.0 Å². The Morgan fingerprint density at radius 2 is 1.74 bits per heavy atom. The van der Waals surface area contributed by atoms with Gasteiger partial charge in [0.15, 0.2) is 0 Å². The molecule has 3 aromatic rings. The maximum Gasteiger partial charge on any atom is 0.255 e. The monoisotopic (exact) mass is 384 g/mol. The minimum atomic E-state index is -3.53. The molecule has 0 aliphatic heterocycles. The van der Waals surface area contributed by atoms with E-state index in [4.69, 9.17) is 0 Å². The quantitative estimate of drug-likeness (QED) is 0.720. The van der Waals surface area contributed by atoms with Gasteiger partial charge < -0.3 is 5.32 Å². The smallest absolute Gasteiger partial charge is 0.255 e. The van der Waals surface area contributed by atoms with Crippen LogP contribution in [0, 0.1) is 5.82 Å². The summed E-state index contributed by atoms with van der Waals surface area (Å²) in [6.07, 6.45) is 2.76. The maximum atomic E-state index is 13.1. The Balaban J connectivity index is 1.85. The lowest BCUT2D eigenvalue weighted by Crippen LogP contribution is -2.16. The minimum absolute atomic E-state index is 0.282. The van der Waals surface area contributed by atoms with Crippen molar-refractivity contribution < 1.29 is 17.6 Å². The molecule has 4 rings (SSSR count). The van der Waals surface area contributed by atoms with E-state index >= 15 is 0 Å². The summed E-state index contributed by atoms with van der Waals surface area (Å²) in [6, 6.07) is 12.7. The van der Waals surface area contributed by atoms with Crippen molar-refractivity contribution in [3.05, 3.63) is 71.0 Å². The largest absolute Gasteiger partial charge is 0.320 e. The number of anilines is 2. The topological polar surface area (TPSA) is 75.3 Å². The van der Waals surface area contributed by atoms with Crippen LogP contribution in [0.15, 0.2) is 48.5 Å². The lowest BCUT2D eigenvalue weighted by molar-refractivity contribution is 0.102. The molecule has 0 saturated carbocycles. The van der Waals surface area contributed by atoms with Gasteiger partial charge in [-0.3, -0.25) is 9.52 Å². The van der Waals surface area contributed by atoms with Crippen molar-refractivity contribution in [1.29, 1.82) is 0 Å². The van der Waals surface area contributed by atoms with E-state index in [0.717, 1.165) is 35.4 Å². The van der Waals surface area contributed by atoms with E-state index in [1.807, 2.05) is 18.2 Å². The first-order valence-corrected chi connectivity index (χ1v) is 10.3. The van der Waals surface area contributed by atoms with Crippen LogP contribution in [-0.4, -0.2) is 20.6 Å². The molecule has 7 heteroatoms. The molecule has 0 atom stereocenters. The third-order valence-corrected chi connectivity index (χ3v) is 5.22. The highest BCUT2D eigenvalue weighted by Crippen LogP contribution is 2.40. The number of hydrogen-bond acceptors (Lipinski definition) is 3. The van der Waals surface area contributed by atoms with Crippen LogP contribution in [0.2, 0.25) is 0 Å². The molecule has 0 saturated heterocycles. The lowest BCUT2D eigenvalue weighted by Gasteiger charge is -2.17. The van der Waals surface area contributed by atoms with Crippen molar-refractivity contribution in [2.45, 2.75) is 12.8 Å². The number of carbonyl (C=O) groups is 1. The molecule has 0 unspecified atom stereocenters. The summed E-state index contributed by atoms with van der Waals surface area (Å²) in [6.45, 7) is 0. The van der Waals surface area contributed by atoms with Gasteiger partial charge in [0.25, 0.3) is 5.91 Å². The van der Waals surface area contributed by atoms with E-state index in [1.54, 1.807) is 6.07 Å². The van der Waals surface area contributed by atoms with Crippen molar-refractivity contribution in [3.8, 4) is 0 Å². The molecule has 0 heterocycles. The summed E-state index contributed by atoms with van der Waals surface area (Å²) in [4.78, 5) is 12.7. The van der Waals surface area contributed by atoms with Crippen LogP contribution in [0.3, 0.4) is 0 Å². The Bertz CT molecular complexity index is 1170. The number of rotatable bonds is 4. The zero-order valence-corrected chi connectivity index (χ0v) is 15.4. The second-order valence-corrected chi connectivity index (χ2v) is 8.38. The molecular weight excluding hydrogens is 367 g/mol. The van der Waals surface area contributed by atoms with Gasteiger partial charge in [-0.25, -0.2) is 12.8 Å². The van der Waals surface area contributed by atoms with Gasteiger partial charge in [-0.15, -0.1) is 0 Å². The molecule has 0 aromatic heterocycles. The van der Waals surface area contributed by atoms with Gasteiger partial charge in [0.05, 0.1) is 17.6 Å². The lowest BCUT2D eigenvalue weighted by atomic mass is 10.0. The van der Waals surface area contributed by atoms with E-state index in [1.165, 1.54) is 29.8 Å². The summed E-state index contributed by atoms with van der Waals surface area (Å²) in [7, 11) is -3.53. The molecule has 1 amide bonds. The predicted molar refractivity (Wildman–Crippen MR) is 104 cm³/mol. The van der Waals surface area contributed by atoms with Crippen LogP contribution >= 0.6 is 0 Å². The number of benzene rings is 3. The molecule has 27 heavy (non-hydrogen) atoms. The Morgan fingerprint density at radius 1 is 1.04 bits per heavy atom. The Hall–Kier alpha value is -2.93. The fraction of sp³-hybridized carbons (Fsp3) is 0.150. The molecular formula is C20H17FN2O3S. The van der Waals surface area contributed by atoms with Crippen molar-refractivity contribution >= 4 is 38.1 Å². The van der Waals surface area contributed by atoms with Gasteiger partial charge in [0.1, 0.15) is 5.82 Å². The molecule has 5 nitrogen and oxygen atoms in total. The van der Waals surface area contributed by atoms with Crippen molar-refractivity contribution in [2.24, 2.45) is 0 Å². The fourth-order valence-corrected chi connectivity index (χ4v) is 4.09. The zero-order valence-electron chi connectivity index (χ0n) is 14.5. The van der Waals surface area contributed by atoms with Crippen molar-refractivity contribution in [1.82, 2.24) is 0 Å². The molecule has 0 radical (unpaired) electrons. The van der Waals surface area contributed by atoms with Crippen LogP contribution in [0.25, 0.3) is 10.8 Å². The first-order valence-electron chi connectivity index (χ1n) is 8.44.